The fourth-order valence-electron chi connectivity index (χ4n) is 4.77. The predicted octanol–water partition coefficient (Wildman–Crippen LogP) is 5.19. The normalized spacial score (nSPS) is 18.5. The molecule has 1 aromatic carbocycles. The summed E-state index contributed by atoms with van der Waals surface area (Å²) in [5, 5.41) is 7.36. The Hall–Kier alpha value is -3.58. The van der Waals surface area contributed by atoms with E-state index in [0.717, 1.165) is 52.2 Å². The molecule has 0 saturated heterocycles. The van der Waals surface area contributed by atoms with Crippen molar-refractivity contribution in [1.29, 1.82) is 0 Å². The van der Waals surface area contributed by atoms with Gasteiger partial charge in [0.05, 0.1) is 29.6 Å². The number of hydrogen-bond acceptors (Lipinski definition) is 5. The Morgan fingerprint density at radius 1 is 1.24 bits per heavy atom. The Labute approximate surface area is 195 Å². The van der Waals surface area contributed by atoms with Gasteiger partial charge in [0.1, 0.15) is 5.52 Å². The maximum absolute atomic E-state index is 13.1. The monoisotopic (exact) mass is 459 g/mol. The zero-order chi connectivity index (χ0) is 22.7. The Kier molecular flexibility index (Phi) is 4.55. The minimum Gasteiger partial charge on any atom is -0.481 e. The van der Waals surface area contributed by atoms with Crippen LogP contribution in [-0.2, 0) is 6.42 Å². The number of rotatable bonds is 5. The molecule has 3 N–H and O–H groups in total. The van der Waals surface area contributed by atoms with Crippen molar-refractivity contribution in [3.05, 3.63) is 64.4 Å². The van der Waals surface area contributed by atoms with Crippen molar-refractivity contribution in [2.75, 3.05) is 12.4 Å². The summed E-state index contributed by atoms with van der Waals surface area (Å²) >= 11 is 6.48. The number of ether oxygens (including phenoxy) is 1. The molecule has 2 aliphatic rings. The Morgan fingerprint density at radius 2 is 2.12 bits per heavy atom. The number of pyridine rings is 2. The molecule has 7 nitrogen and oxygen atoms in total. The number of fused-ring (bicyclic) bond motifs is 4. The lowest BCUT2D eigenvalue weighted by Crippen LogP contribution is -2.31. The van der Waals surface area contributed by atoms with Gasteiger partial charge in [-0.25, -0.2) is 4.98 Å². The predicted molar refractivity (Wildman–Crippen MR) is 129 cm³/mol. The molecule has 0 radical (unpaired) electrons. The van der Waals surface area contributed by atoms with Crippen LogP contribution < -0.4 is 15.4 Å². The third-order valence-corrected chi connectivity index (χ3v) is 6.86. The highest BCUT2D eigenvalue weighted by Crippen LogP contribution is 2.50. The van der Waals surface area contributed by atoms with E-state index in [1.807, 2.05) is 30.3 Å². The smallest absolute Gasteiger partial charge is 0.255 e. The van der Waals surface area contributed by atoms with Crippen LogP contribution in [0.15, 0.2) is 42.6 Å². The molecule has 2 atom stereocenters. The number of H-pyrrole nitrogens is 1. The fraction of sp³-hybridized carbons (Fsp3) is 0.240. The van der Waals surface area contributed by atoms with E-state index in [1.54, 1.807) is 19.4 Å². The van der Waals surface area contributed by atoms with Crippen LogP contribution in [0.1, 0.15) is 40.9 Å². The number of anilines is 2. The highest BCUT2D eigenvalue weighted by atomic mass is 35.5. The summed E-state index contributed by atoms with van der Waals surface area (Å²) in [6, 6.07) is 11.6. The zero-order valence-corrected chi connectivity index (χ0v) is 19.0. The summed E-state index contributed by atoms with van der Waals surface area (Å²) in [4.78, 5) is 25.8. The molecule has 3 aromatic heterocycles. The van der Waals surface area contributed by atoms with Crippen molar-refractivity contribution in [3.8, 4) is 17.1 Å². The summed E-state index contributed by atoms with van der Waals surface area (Å²) in [6.45, 7) is 2.06. The van der Waals surface area contributed by atoms with E-state index in [0.29, 0.717) is 27.9 Å². The number of benzene rings is 1. The van der Waals surface area contributed by atoms with E-state index in [1.165, 1.54) is 0 Å². The standard InChI is InChI=1S/C25H22ClN5O2/c1-3-12-15(26)5-4-6-16(12)28-24-20-22(14-11-18(14)29-25(20)32)31-23(24)13-9-10-27-17-7-8-19(33-2)30-21(13)17/h4-10,14,18,28,31H,3,11H2,1-2H3,(H,29,32)/t14-,18+/m1/s1. The molecule has 4 heterocycles. The summed E-state index contributed by atoms with van der Waals surface area (Å²) in [7, 11) is 1.59. The summed E-state index contributed by atoms with van der Waals surface area (Å²) in [5.74, 6) is 0.732. The van der Waals surface area contributed by atoms with Gasteiger partial charge in [-0.15, -0.1) is 0 Å². The van der Waals surface area contributed by atoms with Gasteiger partial charge in [-0.3, -0.25) is 9.78 Å². The quantitative estimate of drug-likeness (QED) is 0.382. The van der Waals surface area contributed by atoms with Crippen LogP contribution in [0.3, 0.4) is 0 Å². The van der Waals surface area contributed by atoms with Crippen LogP contribution in [0.5, 0.6) is 5.88 Å². The molecular weight excluding hydrogens is 438 g/mol. The molecule has 0 unspecified atom stereocenters. The summed E-state index contributed by atoms with van der Waals surface area (Å²) in [5.41, 5.74) is 7.32. The van der Waals surface area contributed by atoms with E-state index in [9.17, 15) is 4.79 Å². The minimum atomic E-state index is -0.0715. The van der Waals surface area contributed by atoms with Crippen LogP contribution in [0.25, 0.3) is 22.3 Å². The summed E-state index contributed by atoms with van der Waals surface area (Å²) in [6.07, 6.45) is 3.46. The van der Waals surface area contributed by atoms with Gasteiger partial charge in [0, 0.05) is 46.2 Å². The number of amides is 1. The van der Waals surface area contributed by atoms with E-state index < -0.39 is 0 Å². The molecule has 1 amide bonds. The molecular formula is C25H22ClN5O2. The van der Waals surface area contributed by atoms with Crippen LogP contribution in [-0.4, -0.2) is 34.0 Å². The van der Waals surface area contributed by atoms with E-state index in [4.69, 9.17) is 16.3 Å². The average Bonchev–Trinajstić information content (AvgIpc) is 3.50. The maximum Gasteiger partial charge on any atom is 0.255 e. The molecule has 1 saturated carbocycles. The number of methoxy groups -OCH3 is 1. The third-order valence-electron chi connectivity index (χ3n) is 6.50. The number of aromatic amines is 1. The zero-order valence-electron chi connectivity index (χ0n) is 18.2. The largest absolute Gasteiger partial charge is 0.481 e. The summed E-state index contributed by atoms with van der Waals surface area (Å²) < 4.78 is 5.36. The number of hydrogen-bond donors (Lipinski definition) is 3. The van der Waals surface area contributed by atoms with Crippen molar-refractivity contribution >= 4 is 39.9 Å². The average molecular weight is 460 g/mol. The molecule has 1 aliphatic heterocycles. The second-order valence-electron chi connectivity index (χ2n) is 8.41. The van der Waals surface area contributed by atoms with Gasteiger partial charge in [0.25, 0.3) is 5.91 Å². The number of aromatic nitrogens is 3. The van der Waals surface area contributed by atoms with Crippen LogP contribution >= 0.6 is 11.6 Å². The van der Waals surface area contributed by atoms with Crippen LogP contribution in [0, 0.1) is 0 Å². The third kappa shape index (κ3) is 3.15. The number of nitrogens with zero attached hydrogens (tertiary/aromatic N) is 2. The fourth-order valence-corrected chi connectivity index (χ4v) is 5.08. The number of carbonyl (C=O) groups is 1. The van der Waals surface area contributed by atoms with Crippen molar-refractivity contribution < 1.29 is 9.53 Å². The number of nitrogens with one attached hydrogen (secondary N) is 3. The van der Waals surface area contributed by atoms with Crippen LogP contribution in [0.2, 0.25) is 5.02 Å². The van der Waals surface area contributed by atoms with Crippen molar-refractivity contribution in [2.45, 2.75) is 31.7 Å². The molecule has 33 heavy (non-hydrogen) atoms. The van der Waals surface area contributed by atoms with Gasteiger partial charge in [0.15, 0.2) is 0 Å². The van der Waals surface area contributed by atoms with Gasteiger partial charge in [-0.05, 0) is 42.7 Å². The molecule has 8 heteroatoms. The van der Waals surface area contributed by atoms with Gasteiger partial charge in [-0.1, -0.05) is 24.6 Å². The second kappa shape index (κ2) is 7.49. The SMILES string of the molecule is CCc1c(Cl)cccc1Nc1c(-c2ccnc3ccc(OC)nc23)[nH]c2c1C(=O)N[C@H]1C[C@@H]21. The topological polar surface area (TPSA) is 91.9 Å². The van der Waals surface area contributed by atoms with Crippen molar-refractivity contribution in [1.82, 2.24) is 20.3 Å². The van der Waals surface area contributed by atoms with E-state index >= 15 is 0 Å². The highest BCUT2D eigenvalue weighted by Gasteiger charge is 2.48. The number of halogens is 1. The molecule has 1 aliphatic carbocycles. The van der Waals surface area contributed by atoms with Crippen LogP contribution in [0.4, 0.5) is 11.4 Å². The van der Waals surface area contributed by atoms with Gasteiger partial charge in [-0.2, -0.15) is 0 Å². The first-order valence-electron chi connectivity index (χ1n) is 11.0. The van der Waals surface area contributed by atoms with Gasteiger partial charge in [0.2, 0.25) is 5.88 Å². The van der Waals surface area contributed by atoms with Crippen molar-refractivity contribution in [2.24, 2.45) is 0 Å². The molecule has 0 bridgehead atoms. The lowest BCUT2D eigenvalue weighted by atomic mass is 10.0. The lowest BCUT2D eigenvalue weighted by Gasteiger charge is -2.17. The highest BCUT2D eigenvalue weighted by molar-refractivity contribution is 6.31. The molecule has 166 valence electrons. The van der Waals surface area contributed by atoms with E-state index in [2.05, 4.69) is 32.5 Å². The molecule has 4 aromatic rings. The molecule has 6 rings (SSSR count). The van der Waals surface area contributed by atoms with Gasteiger partial charge < -0.3 is 20.4 Å². The lowest BCUT2D eigenvalue weighted by molar-refractivity contribution is 0.0944. The minimum absolute atomic E-state index is 0.0715. The first-order valence-corrected chi connectivity index (χ1v) is 11.4. The first kappa shape index (κ1) is 20.1. The Morgan fingerprint density at radius 3 is 2.94 bits per heavy atom. The Balaban J connectivity index is 1.60. The van der Waals surface area contributed by atoms with E-state index in [-0.39, 0.29) is 11.9 Å². The Bertz CT molecular complexity index is 1430. The number of carbonyl (C=O) groups excluding carboxylic acids is 1. The molecule has 1 fully saturated rings. The second-order valence-corrected chi connectivity index (χ2v) is 8.82. The van der Waals surface area contributed by atoms with Crippen molar-refractivity contribution in [3.63, 3.8) is 0 Å². The first-order chi connectivity index (χ1) is 16.1. The maximum atomic E-state index is 13.1. The van der Waals surface area contributed by atoms with Gasteiger partial charge >= 0.3 is 0 Å². The molecule has 0 spiro atoms.